The van der Waals surface area contributed by atoms with Gasteiger partial charge < -0.3 is 9.13 Å². The molecule has 0 saturated carbocycles. The topological polar surface area (TPSA) is 35.6 Å². The van der Waals surface area contributed by atoms with E-state index in [0.29, 0.717) is 0 Å². The first-order valence-corrected chi connectivity index (χ1v) is 19.8. The fourth-order valence-corrected chi connectivity index (χ4v) is 8.98. The maximum absolute atomic E-state index is 5.06. The quantitative estimate of drug-likeness (QED) is 0.170. The Morgan fingerprint density at radius 2 is 0.759 bits per heavy atom. The van der Waals surface area contributed by atoms with Gasteiger partial charge in [-0.2, -0.15) is 0 Å². The van der Waals surface area contributed by atoms with Crippen molar-refractivity contribution in [2.75, 3.05) is 0 Å². The average molecular weight is 743 g/mol. The van der Waals surface area contributed by atoms with Gasteiger partial charge in [0.25, 0.3) is 0 Å². The van der Waals surface area contributed by atoms with E-state index in [9.17, 15) is 0 Å². The molecule has 4 heteroatoms. The van der Waals surface area contributed by atoms with Crippen LogP contribution in [0.3, 0.4) is 0 Å². The number of aryl methyl sites for hydroxylation is 2. The molecule has 0 aliphatic heterocycles. The number of nitrogens with zero attached hydrogens (tertiary/aromatic N) is 4. The predicted octanol–water partition coefficient (Wildman–Crippen LogP) is 14.0. The van der Waals surface area contributed by atoms with Gasteiger partial charge in [-0.1, -0.05) is 140 Å². The minimum absolute atomic E-state index is 0.719. The van der Waals surface area contributed by atoms with E-state index < -0.39 is 0 Å². The molecule has 4 nitrogen and oxygen atoms in total. The standard InChI is InChI=1S/C54H38N4/c1-35-31-42(58-51-24-14-11-21-45(51)46-33-41(29-30-52(46)58)57-49-22-12-9-19-43(49)44-20-10-13-23-50(44)57)32-36(2)53(35)39-27-25-38(26-28-39)48-34-47(37-15-5-3-6-16-37)55-54(56-48)40-17-7-4-8-18-40/h3-34H,1-2H3. The first-order chi connectivity index (χ1) is 28.6. The lowest BCUT2D eigenvalue weighted by Crippen LogP contribution is -1.99. The SMILES string of the molecule is Cc1cc(-n2c3ccccc3c3cc(-n4c5ccccc5c5ccccc54)ccc32)cc(C)c1-c1ccc(-c2cc(-c3ccccc3)nc(-c3ccccc3)n2)cc1. The van der Waals surface area contributed by atoms with Gasteiger partial charge in [-0.3, -0.25) is 0 Å². The van der Waals surface area contributed by atoms with Crippen LogP contribution in [0.25, 0.3) is 100 Å². The smallest absolute Gasteiger partial charge is 0.160 e. The van der Waals surface area contributed by atoms with E-state index in [4.69, 9.17) is 9.97 Å². The van der Waals surface area contributed by atoms with E-state index in [0.717, 1.165) is 45.3 Å². The van der Waals surface area contributed by atoms with Crippen molar-refractivity contribution in [1.29, 1.82) is 0 Å². The zero-order valence-electron chi connectivity index (χ0n) is 32.3. The highest BCUT2D eigenvalue weighted by molar-refractivity contribution is 6.12. The van der Waals surface area contributed by atoms with Crippen LogP contribution in [0.5, 0.6) is 0 Å². The normalized spacial score (nSPS) is 11.6. The van der Waals surface area contributed by atoms with Gasteiger partial charge in [-0.15, -0.1) is 0 Å². The van der Waals surface area contributed by atoms with Gasteiger partial charge in [0.1, 0.15) is 0 Å². The second-order valence-corrected chi connectivity index (χ2v) is 15.1. The molecule has 8 aromatic carbocycles. The molecule has 11 aromatic rings. The summed E-state index contributed by atoms with van der Waals surface area (Å²) in [6.45, 7) is 4.47. The summed E-state index contributed by atoms with van der Waals surface area (Å²) in [4.78, 5) is 10.0. The summed E-state index contributed by atoms with van der Waals surface area (Å²) in [7, 11) is 0. The molecule has 0 radical (unpaired) electrons. The van der Waals surface area contributed by atoms with Crippen molar-refractivity contribution in [3.63, 3.8) is 0 Å². The molecule has 0 N–H and O–H groups in total. The minimum Gasteiger partial charge on any atom is -0.309 e. The summed E-state index contributed by atoms with van der Waals surface area (Å²) in [5, 5.41) is 5.01. The zero-order valence-corrected chi connectivity index (χ0v) is 32.3. The summed E-state index contributed by atoms with van der Waals surface area (Å²) >= 11 is 0. The van der Waals surface area contributed by atoms with Crippen LogP contribution in [0.2, 0.25) is 0 Å². The average Bonchev–Trinajstić information content (AvgIpc) is 3.79. The fraction of sp³-hybridized carbons (Fsp3) is 0.0370. The highest BCUT2D eigenvalue weighted by atomic mass is 15.0. The summed E-state index contributed by atoms with van der Waals surface area (Å²) in [5.41, 5.74) is 17.0. The van der Waals surface area contributed by atoms with E-state index in [1.807, 2.05) is 24.3 Å². The van der Waals surface area contributed by atoms with Crippen LogP contribution in [-0.2, 0) is 0 Å². The molecule has 0 unspecified atom stereocenters. The highest BCUT2D eigenvalue weighted by Crippen LogP contribution is 2.39. The Morgan fingerprint density at radius 1 is 0.328 bits per heavy atom. The van der Waals surface area contributed by atoms with Crippen LogP contribution < -0.4 is 0 Å². The Kier molecular flexibility index (Phi) is 7.90. The zero-order chi connectivity index (χ0) is 38.7. The summed E-state index contributed by atoms with van der Waals surface area (Å²) < 4.78 is 4.83. The van der Waals surface area contributed by atoms with Crippen LogP contribution in [0.1, 0.15) is 11.1 Å². The molecule has 58 heavy (non-hydrogen) atoms. The molecule has 0 amide bonds. The Balaban J connectivity index is 0.988. The number of aromatic nitrogens is 4. The molecule has 0 spiro atoms. The Labute approximate surface area is 337 Å². The molecular formula is C54H38N4. The molecule has 0 atom stereocenters. The molecule has 0 fully saturated rings. The predicted molar refractivity (Wildman–Crippen MR) is 242 cm³/mol. The number of hydrogen-bond donors (Lipinski definition) is 0. The number of fused-ring (bicyclic) bond motifs is 6. The van der Waals surface area contributed by atoms with E-state index in [-0.39, 0.29) is 0 Å². The van der Waals surface area contributed by atoms with Crippen LogP contribution in [0.4, 0.5) is 0 Å². The molecule has 3 aromatic heterocycles. The lowest BCUT2D eigenvalue weighted by atomic mass is 9.94. The number of hydrogen-bond acceptors (Lipinski definition) is 2. The van der Waals surface area contributed by atoms with Crippen molar-refractivity contribution in [3.8, 4) is 56.4 Å². The van der Waals surface area contributed by atoms with Crippen LogP contribution in [-0.4, -0.2) is 19.1 Å². The number of para-hydroxylation sites is 3. The first kappa shape index (κ1) is 33.8. The van der Waals surface area contributed by atoms with E-state index in [1.54, 1.807) is 0 Å². The number of rotatable bonds is 6. The first-order valence-electron chi connectivity index (χ1n) is 19.8. The van der Waals surface area contributed by atoms with Gasteiger partial charge in [-0.25, -0.2) is 9.97 Å². The van der Waals surface area contributed by atoms with E-state index in [1.165, 1.54) is 65.9 Å². The van der Waals surface area contributed by atoms with Gasteiger partial charge in [0, 0.05) is 49.6 Å². The molecular weight excluding hydrogens is 705 g/mol. The largest absolute Gasteiger partial charge is 0.309 e. The van der Waals surface area contributed by atoms with Crippen LogP contribution in [0, 0.1) is 13.8 Å². The van der Waals surface area contributed by atoms with Gasteiger partial charge in [0.15, 0.2) is 5.82 Å². The Morgan fingerprint density at radius 3 is 1.33 bits per heavy atom. The minimum atomic E-state index is 0.719. The second kappa shape index (κ2) is 13.6. The van der Waals surface area contributed by atoms with Crippen molar-refractivity contribution >= 4 is 43.6 Å². The molecule has 0 bridgehead atoms. The van der Waals surface area contributed by atoms with Gasteiger partial charge in [0.05, 0.1) is 33.5 Å². The summed E-state index contributed by atoms with van der Waals surface area (Å²) in [5.74, 6) is 0.719. The van der Waals surface area contributed by atoms with Gasteiger partial charge >= 0.3 is 0 Å². The molecule has 11 rings (SSSR count). The lowest BCUT2D eigenvalue weighted by Gasteiger charge is -2.16. The molecule has 0 saturated heterocycles. The van der Waals surface area contributed by atoms with Gasteiger partial charge in [-0.05, 0) is 90.7 Å². The van der Waals surface area contributed by atoms with Crippen molar-refractivity contribution in [2.24, 2.45) is 0 Å². The van der Waals surface area contributed by atoms with Gasteiger partial charge in [0.2, 0.25) is 0 Å². The maximum Gasteiger partial charge on any atom is 0.160 e. The van der Waals surface area contributed by atoms with Crippen LogP contribution in [0.15, 0.2) is 194 Å². The monoisotopic (exact) mass is 742 g/mol. The third kappa shape index (κ3) is 5.53. The second-order valence-electron chi connectivity index (χ2n) is 15.1. The molecule has 0 aliphatic carbocycles. The third-order valence-corrected chi connectivity index (χ3v) is 11.6. The van der Waals surface area contributed by atoms with Crippen molar-refractivity contribution in [2.45, 2.75) is 13.8 Å². The fourth-order valence-electron chi connectivity index (χ4n) is 8.98. The summed E-state index contributed by atoms with van der Waals surface area (Å²) in [6.07, 6.45) is 0. The van der Waals surface area contributed by atoms with Crippen molar-refractivity contribution in [3.05, 3.63) is 205 Å². The van der Waals surface area contributed by atoms with E-state index in [2.05, 4.69) is 193 Å². The Bertz CT molecular complexity index is 3200. The van der Waals surface area contributed by atoms with Crippen molar-refractivity contribution in [1.82, 2.24) is 19.1 Å². The lowest BCUT2D eigenvalue weighted by molar-refractivity contribution is 1.15. The maximum atomic E-state index is 5.06. The van der Waals surface area contributed by atoms with Crippen molar-refractivity contribution < 1.29 is 0 Å². The molecule has 0 aliphatic rings. The molecule has 3 heterocycles. The highest BCUT2D eigenvalue weighted by Gasteiger charge is 2.18. The van der Waals surface area contributed by atoms with Crippen LogP contribution >= 0.6 is 0 Å². The summed E-state index contributed by atoms with van der Waals surface area (Å²) in [6, 6.07) is 69.3. The van der Waals surface area contributed by atoms with E-state index >= 15 is 0 Å². The molecule has 274 valence electrons. The Hall–Kier alpha value is -7.56. The number of benzene rings is 8. The third-order valence-electron chi connectivity index (χ3n) is 11.6.